The number of nitrogens with two attached hydrogens (primary N) is 2. The number of hydrogen-bond donors (Lipinski definition) is 5. The molecule has 0 unspecified atom stereocenters. The van der Waals surface area contributed by atoms with Crippen LogP contribution >= 0.6 is 19.0 Å². The number of nitrogen functional groups attached to an aromatic ring is 2. The fourth-order valence-corrected chi connectivity index (χ4v) is 7.77. The van der Waals surface area contributed by atoms with E-state index in [9.17, 15) is 17.8 Å². The highest BCUT2D eigenvalue weighted by atomic mass is 32.7. The zero-order valence-corrected chi connectivity index (χ0v) is 24.4. The highest BCUT2D eigenvalue weighted by molar-refractivity contribution is 8.44. The van der Waals surface area contributed by atoms with Crippen LogP contribution < -0.4 is 21.7 Å². The molecule has 0 aromatic carbocycles. The normalized spacial score (nSPS) is 33.1. The van der Waals surface area contributed by atoms with Gasteiger partial charge in [0.2, 0.25) is 5.95 Å². The standard InChI is InChI=1S/C20H24N11O9PS2/c21-15-13-16(24-5-23-15)30(6-25-13)12-2-9-11(38-12)3-27-43(34,35)40-10-1-8(4-36-41(33,42)39-9)37-19(10)31-7-26-14-17(31)28-20(22)29-18(14)32/h5-12,19,27H,1-4H2,(H,33,42)(H2,21,23,24)(H3,22,28,29,32)/t8-,9-,10+,11+,12+,19-,41+/m0/s1. The number of aromatic nitrogens is 8. The third-order valence-electron chi connectivity index (χ3n) is 7.15. The number of aromatic amines is 1. The molecular formula is C20H24N11O9PS2. The molecule has 7 rings (SSSR count). The van der Waals surface area contributed by atoms with E-state index in [0.717, 1.165) is 0 Å². The number of ether oxygens (including phenoxy) is 2. The van der Waals surface area contributed by atoms with E-state index in [1.54, 1.807) is 4.57 Å². The van der Waals surface area contributed by atoms with E-state index in [4.69, 9.17) is 34.2 Å². The number of hydrogen-bond acceptors (Lipinski definition) is 16. The zero-order valence-electron chi connectivity index (χ0n) is 21.8. The van der Waals surface area contributed by atoms with Crippen LogP contribution in [0.3, 0.4) is 0 Å². The van der Waals surface area contributed by atoms with E-state index in [-0.39, 0.29) is 48.9 Å². The Morgan fingerprint density at radius 3 is 2.63 bits per heavy atom. The van der Waals surface area contributed by atoms with Gasteiger partial charge in [-0.25, -0.2) is 28.7 Å². The lowest BCUT2D eigenvalue weighted by molar-refractivity contribution is -0.0439. The second-order valence-electron chi connectivity index (χ2n) is 9.95. The number of rotatable bonds is 2. The molecule has 4 aromatic rings. The first-order chi connectivity index (χ1) is 20.5. The van der Waals surface area contributed by atoms with E-state index in [1.165, 1.54) is 23.5 Å². The molecule has 0 saturated carbocycles. The third kappa shape index (κ3) is 5.38. The highest BCUT2D eigenvalue weighted by Gasteiger charge is 2.46. The Morgan fingerprint density at radius 1 is 1.00 bits per heavy atom. The average molecular weight is 658 g/mol. The monoisotopic (exact) mass is 657 g/mol. The Morgan fingerprint density at radius 2 is 1.79 bits per heavy atom. The van der Waals surface area contributed by atoms with Crippen molar-refractivity contribution in [3.63, 3.8) is 0 Å². The Kier molecular flexibility index (Phi) is 6.94. The molecule has 23 heteroatoms. The smallest absolute Gasteiger partial charge is 0.382 e. The maximum atomic E-state index is 13.3. The molecule has 0 amide bonds. The minimum atomic E-state index is -4.43. The van der Waals surface area contributed by atoms with Crippen molar-refractivity contribution in [3.8, 4) is 0 Å². The molecule has 230 valence electrons. The van der Waals surface area contributed by atoms with Crippen LogP contribution in [-0.4, -0.2) is 85.0 Å². The zero-order chi connectivity index (χ0) is 30.1. The van der Waals surface area contributed by atoms with Gasteiger partial charge in [-0.1, -0.05) is 12.2 Å². The van der Waals surface area contributed by atoms with Crippen LogP contribution in [0.15, 0.2) is 23.8 Å². The lowest BCUT2D eigenvalue weighted by atomic mass is 10.2. The van der Waals surface area contributed by atoms with Crippen LogP contribution in [0, 0.1) is 0 Å². The number of imidazole rings is 2. The van der Waals surface area contributed by atoms with Gasteiger partial charge >= 0.3 is 17.1 Å². The Balaban J connectivity index is 1.17. The highest BCUT2D eigenvalue weighted by Crippen LogP contribution is 2.56. The number of thiol groups is 1. The molecule has 20 nitrogen and oxygen atoms in total. The first-order valence-electron chi connectivity index (χ1n) is 12.8. The van der Waals surface area contributed by atoms with E-state index in [2.05, 4.69) is 46.9 Å². The number of anilines is 2. The summed E-state index contributed by atoms with van der Waals surface area (Å²) in [5.41, 5.74) is 11.7. The summed E-state index contributed by atoms with van der Waals surface area (Å²) in [6.07, 6.45) is -1.63. The van der Waals surface area contributed by atoms with Crippen molar-refractivity contribution in [3.05, 3.63) is 29.3 Å². The SMILES string of the molecule is Nc1nc2c(ncn2[C@H]2O[C@@H]3CO[P@@](=O)(S)O[C@H]4C[C@H](n5cnc6c(N)ncnc65)O[C@@H]4CNS(=O)(=O)O[C@@H]2C3)c(=O)[nH]1. The molecule has 3 fully saturated rings. The van der Waals surface area contributed by atoms with Gasteiger partial charge in [-0.2, -0.15) is 18.1 Å². The molecule has 0 aliphatic carbocycles. The molecule has 2 bridgehead atoms. The number of nitrogens with zero attached hydrogens (tertiary/aromatic N) is 7. The summed E-state index contributed by atoms with van der Waals surface area (Å²) in [6.45, 7) is -4.65. The van der Waals surface area contributed by atoms with Gasteiger partial charge in [-0.15, -0.1) is 0 Å². The molecule has 3 aliphatic heterocycles. The van der Waals surface area contributed by atoms with Crippen molar-refractivity contribution in [2.45, 2.75) is 49.7 Å². The Bertz CT molecular complexity index is 1930. The van der Waals surface area contributed by atoms with Crippen LogP contribution in [0.5, 0.6) is 0 Å². The molecule has 6 N–H and O–H groups in total. The second kappa shape index (κ2) is 10.5. The van der Waals surface area contributed by atoms with Gasteiger partial charge < -0.3 is 20.9 Å². The number of fused-ring (bicyclic) bond motifs is 5. The first-order valence-corrected chi connectivity index (χ1v) is 16.9. The average Bonchev–Trinajstić information content (AvgIpc) is 3.71. The quantitative estimate of drug-likeness (QED) is 0.133. The molecule has 7 atom stereocenters. The van der Waals surface area contributed by atoms with Crippen LogP contribution in [0.1, 0.15) is 25.3 Å². The summed E-state index contributed by atoms with van der Waals surface area (Å²) in [5, 5.41) is 0. The van der Waals surface area contributed by atoms with Crippen molar-refractivity contribution in [2.24, 2.45) is 0 Å². The molecule has 0 radical (unpaired) electrons. The summed E-state index contributed by atoms with van der Waals surface area (Å²) in [6, 6.07) is 0. The number of H-pyrrole nitrogens is 1. The molecule has 3 aliphatic rings. The van der Waals surface area contributed by atoms with Gasteiger partial charge in [-0.3, -0.25) is 28.0 Å². The van der Waals surface area contributed by atoms with E-state index >= 15 is 0 Å². The lowest BCUT2D eigenvalue weighted by Gasteiger charge is -2.24. The summed E-state index contributed by atoms with van der Waals surface area (Å²) in [5.74, 6) is -0.00756. The summed E-state index contributed by atoms with van der Waals surface area (Å²) < 4.78 is 73.8. The lowest BCUT2D eigenvalue weighted by Crippen LogP contribution is -2.40. The van der Waals surface area contributed by atoms with Gasteiger partial charge in [0.25, 0.3) is 5.56 Å². The van der Waals surface area contributed by atoms with Crippen LogP contribution in [0.2, 0.25) is 0 Å². The van der Waals surface area contributed by atoms with Crippen LogP contribution in [-0.2, 0) is 37.6 Å². The van der Waals surface area contributed by atoms with E-state index < -0.39 is 59.5 Å². The first kappa shape index (κ1) is 28.6. The van der Waals surface area contributed by atoms with Gasteiger partial charge in [0.1, 0.15) is 30.3 Å². The fourth-order valence-electron chi connectivity index (χ4n) is 5.29. The van der Waals surface area contributed by atoms with Crippen molar-refractivity contribution < 1.29 is 35.7 Å². The summed E-state index contributed by atoms with van der Waals surface area (Å²) in [4.78, 5) is 35.1. The van der Waals surface area contributed by atoms with Crippen LogP contribution in [0.25, 0.3) is 22.3 Å². The predicted molar refractivity (Wildman–Crippen MR) is 149 cm³/mol. The predicted octanol–water partition coefficient (Wildman–Crippen LogP) is -0.628. The van der Waals surface area contributed by atoms with E-state index in [0.29, 0.717) is 11.2 Å². The van der Waals surface area contributed by atoms with Crippen molar-refractivity contribution in [2.75, 3.05) is 24.6 Å². The maximum absolute atomic E-state index is 13.3. The molecule has 4 aromatic heterocycles. The second-order valence-corrected chi connectivity index (χ2v) is 14.2. The maximum Gasteiger partial charge on any atom is 0.386 e. The van der Waals surface area contributed by atoms with Crippen molar-refractivity contribution in [1.82, 2.24) is 43.8 Å². The molecule has 43 heavy (non-hydrogen) atoms. The molecule has 3 saturated heterocycles. The van der Waals surface area contributed by atoms with Crippen molar-refractivity contribution in [1.29, 1.82) is 0 Å². The fraction of sp³-hybridized carbons (Fsp3) is 0.500. The van der Waals surface area contributed by atoms with E-state index in [1.807, 2.05) is 0 Å². The van der Waals surface area contributed by atoms with Gasteiger partial charge in [0.15, 0.2) is 28.9 Å². The van der Waals surface area contributed by atoms with Crippen LogP contribution in [0.4, 0.5) is 11.8 Å². The third-order valence-corrected chi connectivity index (χ3v) is 9.81. The topological polar surface area (TPSA) is 269 Å². The molecule has 7 heterocycles. The van der Waals surface area contributed by atoms with Gasteiger partial charge in [0, 0.05) is 19.4 Å². The minimum absolute atomic E-state index is 0.0121. The Hall–Kier alpha value is -3.21. The molecule has 0 spiro atoms. The molecular weight excluding hydrogens is 633 g/mol. The summed E-state index contributed by atoms with van der Waals surface area (Å²) >= 11 is 4.14. The van der Waals surface area contributed by atoms with Crippen molar-refractivity contribution >= 4 is 63.4 Å². The minimum Gasteiger partial charge on any atom is -0.382 e. The summed E-state index contributed by atoms with van der Waals surface area (Å²) in [7, 11) is -4.43. The Labute approximate surface area is 246 Å². The van der Waals surface area contributed by atoms with Gasteiger partial charge in [0.05, 0.1) is 31.5 Å². The largest absolute Gasteiger partial charge is 0.386 e. The number of nitrogens with one attached hydrogen (secondary N) is 2. The van der Waals surface area contributed by atoms with Gasteiger partial charge in [-0.05, 0) is 0 Å².